The molecule has 0 unspecified atom stereocenters. The monoisotopic (exact) mass is 503 g/mol. The van der Waals surface area contributed by atoms with Crippen molar-refractivity contribution >= 4 is 5.91 Å². The maximum Gasteiger partial charge on any atom is 0.253 e. The van der Waals surface area contributed by atoms with E-state index in [0.717, 1.165) is 11.3 Å². The minimum atomic E-state index is -0.681. The Balaban J connectivity index is 1.48. The first-order chi connectivity index (χ1) is 17.9. The van der Waals surface area contributed by atoms with Gasteiger partial charge in [0.25, 0.3) is 5.91 Å². The molecule has 5 rings (SSSR count). The molecule has 0 bridgehead atoms. The summed E-state index contributed by atoms with van der Waals surface area (Å²) in [6, 6.07) is 19.8. The zero-order chi connectivity index (χ0) is 25.9. The molecule has 1 amide bonds. The number of carbonyl (C=O) groups excluding carboxylic acids is 1. The van der Waals surface area contributed by atoms with E-state index in [4.69, 9.17) is 14.6 Å². The normalized spacial score (nSPS) is 17.4. The predicted molar refractivity (Wildman–Crippen MR) is 135 cm³/mol. The van der Waals surface area contributed by atoms with Gasteiger partial charge in [0, 0.05) is 23.9 Å². The zero-order valence-electron chi connectivity index (χ0n) is 20.6. The van der Waals surface area contributed by atoms with Gasteiger partial charge >= 0.3 is 0 Å². The molecule has 0 aliphatic carbocycles. The minimum absolute atomic E-state index is 0.115. The lowest BCUT2D eigenvalue weighted by Crippen LogP contribution is -2.32. The molecule has 0 spiro atoms. The summed E-state index contributed by atoms with van der Waals surface area (Å²) in [6.45, 7) is 4.70. The van der Waals surface area contributed by atoms with Gasteiger partial charge < -0.3 is 14.4 Å². The van der Waals surface area contributed by atoms with Crippen LogP contribution in [0.25, 0.3) is 16.9 Å². The van der Waals surface area contributed by atoms with Gasteiger partial charge in [-0.15, -0.1) is 0 Å². The van der Waals surface area contributed by atoms with Gasteiger partial charge in [0.15, 0.2) is 6.23 Å². The van der Waals surface area contributed by atoms with E-state index in [2.05, 4.69) is 0 Å². The fourth-order valence-electron chi connectivity index (χ4n) is 4.44. The van der Waals surface area contributed by atoms with Crippen molar-refractivity contribution in [2.75, 3.05) is 13.2 Å². The first kappa shape index (κ1) is 24.6. The van der Waals surface area contributed by atoms with Crippen molar-refractivity contribution in [3.8, 4) is 22.7 Å². The highest BCUT2D eigenvalue weighted by Gasteiger charge is 2.40. The Kier molecular flexibility index (Phi) is 7.01. The number of ether oxygens (including phenoxy) is 2. The first-order valence-electron chi connectivity index (χ1n) is 12.2. The lowest BCUT2D eigenvalue weighted by atomic mass is 10.1. The highest BCUT2D eigenvalue weighted by molar-refractivity contribution is 5.83. The zero-order valence-corrected chi connectivity index (χ0v) is 20.6. The smallest absolute Gasteiger partial charge is 0.253 e. The summed E-state index contributed by atoms with van der Waals surface area (Å²) in [5.41, 5.74) is 3.62. The SMILES string of the molecule is CCOc1ccc(CCN2C(=O)[C@H](C)O[C@H]2c2cn(-c3ccc(F)cc3)nc2-c2ccc(F)cc2)cc1. The Hall–Kier alpha value is -4.04. The molecule has 1 aliphatic rings. The Morgan fingerprint density at radius 1 is 0.946 bits per heavy atom. The molecule has 1 aliphatic heterocycles. The second-order valence-electron chi connectivity index (χ2n) is 8.85. The van der Waals surface area contributed by atoms with Gasteiger partial charge in [-0.25, -0.2) is 13.5 Å². The number of benzene rings is 3. The highest BCUT2D eigenvalue weighted by atomic mass is 19.1. The topological polar surface area (TPSA) is 56.6 Å². The van der Waals surface area contributed by atoms with Crippen LogP contribution in [-0.2, 0) is 16.0 Å². The van der Waals surface area contributed by atoms with E-state index in [1.807, 2.05) is 31.2 Å². The lowest BCUT2D eigenvalue weighted by molar-refractivity contribution is -0.130. The van der Waals surface area contributed by atoms with Crippen LogP contribution in [0.4, 0.5) is 8.78 Å². The van der Waals surface area contributed by atoms with Gasteiger partial charge in [-0.05, 0) is 86.5 Å². The summed E-state index contributed by atoms with van der Waals surface area (Å²) < 4.78 is 40.5. The summed E-state index contributed by atoms with van der Waals surface area (Å²) in [6.07, 6.45) is 1.11. The second-order valence-corrected chi connectivity index (χ2v) is 8.85. The van der Waals surface area contributed by atoms with E-state index in [-0.39, 0.29) is 17.5 Å². The molecule has 190 valence electrons. The van der Waals surface area contributed by atoms with E-state index in [9.17, 15) is 13.6 Å². The second kappa shape index (κ2) is 10.5. The molecular weight excluding hydrogens is 476 g/mol. The quantitative estimate of drug-likeness (QED) is 0.309. The van der Waals surface area contributed by atoms with Gasteiger partial charge in [0.1, 0.15) is 29.2 Å². The molecule has 2 heterocycles. The number of nitrogens with zero attached hydrogens (tertiary/aromatic N) is 3. The third kappa shape index (κ3) is 5.24. The standard InChI is InChI=1S/C29H27F2N3O3/c1-3-36-25-14-4-20(5-15-25)16-17-33-28(35)19(2)37-29(33)26-18-34(24-12-10-23(31)11-13-24)32-27(26)21-6-8-22(30)9-7-21/h4-15,18-19,29H,3,16-17H2,1-2H3/t19-,29-/m0/s1. The number of rotatable bonds is 8. The van der Waals surface area contributed by atoms with Crippen molar-refractivity contribution in [1.29, 1.82) is 0 Å². The van der Waals surface area contributed by atoms with Crippen molar-refractivity contribution in [3.63, 3.8) is 0 Å². The number of hydrogen-bond acceptors (Lipinski definition) is 4. The van der Waals surface area contributed by atoms with Crippen LogP contribution in [-0.4, -0.2) is 39.8 Å². The third-order valence-electron chi connectivity index (χ3n) is 6.34. The Bertz CT molecular complexity index is 1370. The van der Waals surface area contributed by atoms with Crippen molar-refractivity contribution in [3.05, 3.63) is 102 Å². The molecule has 2 atom stereocenters. The maximum absolute atomic E-state index is 13.7. The number of amides is 1. The van der Waals surface area contributed by atoms with Crippen LogP contribution in [0.15, 0.2) is 79.0 Å². The predicted octanol–water partition coefficient (Wildman–Crippen LogP) is 5.70. The molecule has 1 aromatic heterocycles. The molecule has 3 aromatic carbocycles. The molecule has 4 aromatic rings. The van der Waals surface area contributed by atoms with Crippen LogP contribution in [0, 0.1) is 11.6 Å². The van der Waals surface area contributed by atoms with Crippen LogP contribution in [0.1, 0.15) is 31.2 Å². The summed E-state index contributed by atoms with van der Waals surface area (Å²) >= 11 is 0. The summed E-state index contributed by atoms with van der Waals surface area (Å²) in [4.78, 5) is 14.8. The van der Waals surface area contributed by atoms with Crippen molar-refractivity contribution in [2.45, 2.75) is 32.6 Å². The van der Waals surface area contributed by atoms with Gasteiger partial charge in [-0.1, -0.05) is 12.1 Å². The van der Waals surface area contributed by atoms with Crippen LogP contribution in [0.3, 0.4) is 0 Å². The number of carbonyl (C=O) groups is 1. The van der Waals surface area contributed by atoms with Gasteiger partial charge in [-0.2, -0.15) is 5.10 Å². The summed E-state index contributed by atoms with van der Waals surface area (Å²) in [5, 5.41) is 4.72. The molecule has 0 N–H and O–H groups in total. The molecule has 0 radical (unpaired) electrons. The Morgan fingerprint density at radius 2 is 1.59 bits per heavy atom. The molecule has 0 saturated carbocycles. The molecule has 1 fully saturated rings. The van der Waals surface area contributed by atoms with Crippen LogP contribution < -0.4 is 4.74 Å². The van der Waals surface area contributed by atoms with Crippen molar-refractivity contribution < 1.29 is 23.0 Å². The molecule has 6 nitrogen and oxygen atoms in total. The molecule has 8 heteroatoms. The average molecular weight is 504 g/mol. The van der Waals surface area contributed by atoms with Gasteiger partial charge in [-0.3, -0.25) is 4.79 Å². The Morgan fingerprint density at radius 3 is 2.24 bits per heavy atom. The summed E-state index contributed by atoms with van der Waals surface area (Å²) in [7, 11) is 0. The first-order valence-corrected chi connectivity index (χ1v) is 12.2. The minimum Gasteiger partial charge on any atom is -0.494 e. The molecule has 1 saturated heterocycles. The van der Waals surface area contributed by atoms with Crippen molar-refractivity contribution in [1.82, 2.24) is 14.7 Å². The third-order valence-corrected chi connectivity index (χ3v) is 6.34. The van der Waals surface area contributed by atoms with Gasteiger partial charge in [0.05, 0.1) is 12.3 Å². The van der Waals surface area contributed by atoms with E-state index < -0.39 is 12.3 Å². The van der Waals surface area contributed by atoms with E-state index in [0.29, 0.717) is 42.1 Å². The van der Waals surface area contributed by atoms with Crippen LogP contribution in [0.2, 0.25) is 0 Å². The van der Waals surface area contributed by atoms with Gasteiger partial charge in [0.2, 0.25) is 0 Å². The van der Waals surface area contributed by atoms with Crippen molar-refractivity contribution in [2.24, 2.45) is 0 Å². The van der Waals surface area contributed by atoms with E-state index >= 15 is 0 Å². The average Bonchev–Trinajstić information content (AvgIpc) is 3.46. The van der Waals surface area contributed by atoms with E-state index in [1.165, 1.54) is 24.3 Å². The number of aromatic nitrogens is 2. The maximum atomic E-state index is 13.7. The molecule has 37 heavy (non-hydrogen) atoms. The molecular formula is C29H27F2N3O3. The Labute approximate surface area is 214 Å². The fraction of sp³-hybridized carbons (Fsp3) is 0.241. The van der Waals surface area contributed by atoms with Crippen LogP contribution >= 0.6 is 0 Å². The van der Waals surface area contributed by atoms with E-state index in [1.54, 1.807) is 47.0 Å². The number of hydrogen-bond donors (Lipinski definition) is 0. The number of halogens is 2. The summed E-state index contributed by atoms with van der Waals surface area (Å²) in [5.74, 6) is -0.0268. The lowest BCUT2D eigenvalue weighted by Gasteiger charge is -2.23. The fourth-order valence-corrected chi connectivity index (χ4v) is 4.44. The highest BCUT2D eigenvalue weighted by Crippen LogP contribution is 2.37. The van der Waals surface area contributed by atoms with Crippen LogP contribution in [0.5, 0.6) is 5.75 Å². The largest absolute Gasteiger partial charge is 0.494 e.